The van der Waals surface area contributed by atoms with E-state index >= 15 is 0 Å². The standard InChI is InChI=1S/C24H29ClN4O4/c1-24(2,23(31)29(3)4)22-28-19(15-33-22)16-5-8-18(9-6-16)32-12-11-26-14-20(30)17-7-10-21(25)27-13-17/h5-10,13,15,20,26,30H,11-12,14H2,1-4H3/t20-/m0/s1. The first-order valence-electron chi connectivity index (χ1n) is 10.6. The summed E-state index contributed by atoms with van der Waals surface area (Å²) in [6.07, 6.45) is 2.45. The SMILES string of the molecule is CN(C)C(=O)C(C)(C)c1nc(-c2ccc(OCCNC[C@H](O)c3ccc(Cl)nc3)cc2)co1. The lowest BCUT2D eigenvalue weighted by molar-refractivity contribution is -0.134. The first-order valence-corrected chi connectivity index (χ1v) is 11.0. The number of oxazole rings is 1. The van der Waals surface area contributed by atoms with Crippen LogP contribution in [0.25, 0.3) is 11.3 Å². The van der Waals surface area contributed by atoms with E-state index in [0.717, 1.165) is 11.3 Å². The van der Waals surface area contributed by atoms with E-state index in [1.807, 2.05) is 24.3 Å². The molecule has 1 aromatic carbocycles. The number of aromatic nitrogens is 2. The number of likely N-dealkylation sites (N-methyl/N-ethyl adjacent to an activating group) is 1. The number of carbonyl (C=O) groups is 1. The van der Waals surface area contributed by atoms with Crippen LogP contribution in [-0.4, -0.2) is 59.7 Å². The Morgan fingerprint density at radius 3 is 2.61 bits per heavy atom. The summed E-state index contributed by atoms with van der Waals surface area (Å²) in [4.78, 5) is 22.4. The quantitative estimate of drug-likeness (QED) is 0.344. The van der Waals surface area contributed by atoms with E-state index in [9.17, 15) is 9.90 Å². The fourth-order valence-corrected chi connectivity index (χ4v) is 3.36. The second-order valence-electron chi connectivity index (χ2n) is 8.37. The highest BCUT2D eigenvalue weighted by Crippen LogP contribution is 2.28. The Labute approximate surface area is 198 Å². The number of benzene rings is 1. The molecule has 0 radical (unpaired) electrons. The van der Waals surface area contributed by atoms with Crippen LogP contribution in [0.5, 0.6) is 5.75 Å². The number of rotatable bonds is 10. The molecule has 8 nitrogen and oxygen atoms in total. The zero-order valence-corrected chi connectivity index (χ0v) is 20.0. The molecule has 3 rings (SSSR count). The number of aliphatic hydroxyl groups is 1. The van der Waals surface area contributed by atoms with Gasteiger partial charge in [0.15, 0.2) is 0 Å². The molecule has 0 saturated heterocycles. The summed E-state index contributed by atoms with van der Waals surface area (Å²) < 4.78 is 11.4. The minimum Gasteiger partial charge on any atom is -0.492 e. The highest BCUT2D eigenvalue weighted by Gasteiger charge is 2.36. The summed E-state index contributed by atoms with van der Waals surface area (Å²) in [5.74, 6) is 1.01. The van der Waals surface area contributed by atoms with Crippen LogP contribution < -0.4 is 10.1 Å². The largest absolute Gasteiger partial charge is 0.492 e. The first-order chi connectivity index (χ1) is 15.7. The summed E-state index contributed by atoms with van der Waals surface area (Å²) in [6, 6.07) is 10.9. The van der Waals surface area contributed by atoms with Crippen LogP contribution in [0, 0.1) is 0 Å². The molecule has 0 aliphatic carbocycles. The summed E-state index contributed by atoms with van der Waals surface area (Å²) in [5, 5.41) is 13.7. The lowest BCUT2D eigenvalue weighted by Crippen LogP contribution is -2.39. The lowest BCUT2D eigenvalue weighted by atomic mass is 9.91. The topological polar surface area (TPSA) is 101 Å². The van der Waals surface area contributed by atoms with E-state index in [0.29, 0.717) is 42.0 Å². The molecule has 0 aliphatic rings. The molecule has 3 aromatic rings. The van der Waals surface area contributed by atoms with Crippen molar-refractivity contribution in [3.05, 3.63) is 65.5 Å². The van der Waals surface area contributed by atoms with Crippen molar-refractivity contribution in [2.24, 2.45) is 0 Å². The monoisotopic (exact) mass is 472 g/mol. The third-order valence-electron chi connectivity index (χ3n) is 5.15. The number of pyridine rings is 1. The molecule has 0 bridgehead atoms. The smallest absolute Gasteiger partial charge is 0.237 e. The number of nitrogens with zero attached hydrogens (tertiary/aromatic N) is 3. The van der Waals surface area contributed by atoms with Crippen LogP contribution >= 0.6 is 11.6 Å². The molecule has 9 heteroatoms. The van der Waals surface area contributed by atoms with Gasteiger partial charge >= 0.3 is 0 Å². The van der Waals surface area contributed by atoms with Gasteiger partial charge in [0.1, 0.15) is 34.9 Å². The molecule has 33 heavy (non-hydrogen) atoms. The first kappa shape index (κ1) is 24.7. The average molecular weight is 473 g/mol. The minimum absolute atomic E-state index is 0.0781. The molecule has 2 aromatic heterocycles. The summed E-state index contributed by atoms with van der Waals surface area (Å²) in [7, 11) is 3.42. The third-order valence-corrected chi connectivity index (χ3v) is 5.37. The highest BCUT2D eigenvalue weighted by molar-refractivity contribution is 6.29. The van der Waals surface area contributed by atoms with E-state index in [1.54, 1.807) is 52.5 Å². The molecular weight excluding hydrogens is 444 g/mol. The van der Waals surface area contributed by atoms with Crippen LogP contribution in [0.1, 0.15) is 31.4 Å². The number of aliphatic hydroxyl groups excluding tert-OH is 1. The van der Waals surface area contributed by atoms with Crippen molar-refractivity contribution in [3.63, 3.8) is 0 Å². The predicted octanol–water partition coefficient (Wildman–Crippen LogP) is 3.46. The molecule has 2 heterocycles. The maximum atomic E-state index is 12.4. The van der Waals surface area contributed by atoms with Gasteiger partial charge in [-0.2, -0.15) is 0 Å². The van der Waals surface area contributed by atoms with Crippen LogP contribution in [0.4, 0.5) is 0 Å². The van der Waals surface area contributed by atoms with Crippen LogP contribution in [0.15, 0.2) is 53.3 Å². The van der Waals surface area contributed by atoms with E-state index in [1.165, 1.54) is 4.90 Å². The molecule has 1 amide bonds. The normalized spacial score (nSPS) is 12.4. The van der Waals surface area contributed by atoms with Gasteiger partial charge in [0.05, 0.1) is 6.10 Å². The van der Waals surface area contributed by atoms with Crippen LogP contribution in [0.2, 0.25) is 5.15 Å². The molecule has 0 aliphatic heterocycles. The van der Waals surface area contributed by atoms with Crippen molar-refractivity contribution in [3.8, 4) is 17.0 Å². The van der Waals surface area contributed by atoms with Crippen molar-refractivity contribution in [2.75, 3.05) is 33.8 Å². The Morgan fingerprint density at radius 1 is 1.24 bits per heavy atom. The maximum Gasteiger partial charge on any atom is 0.237 e. The summed E-state index contributed by atoms with van der Waals surface area (Å²) in [5.41, 5.74) is 1.37. The second-order valence-corrected chi connectivity index (χ2v) is 8.76. The third kappa shape index (κ3) is 6.31. The maximum absolute atomic E-state index is 12.4. The van der Waals surface area contributed by atoms with E-state index in [2.05, 4.69) is 15.3 Å². The minimum atomic E-state index is -0.852. The zero-order valence-electron chi connectivity index (χ0n) is 19.2. The molecule has 0 spiro atoms. The van der Waals surface area contributed by atoms with Crippen LogP contribution in [0.3, 0.4) is 0 Å². The number of nitrogens with one attached hydrogen (secondary N) is 1. The molecule has 0 saturated carbocycles. The van der Waals surface area contributed by atoms with Gasteiger partial charge in [0.25, 0.3) is 0 Å². The molecule has 0 unspecified atom stereocenters. The molecule has 176 valence electrons. The van der Waals surface area contributed by atoms with Crippen molar-refractivity contribution in [1.29, 1.82) is 0 Å². The van der Waals surface area contributed by atoms with Gasteiger partial charge in [0.2, 0.25) is 11.8 Å². The van der Waals surface area contributed by atoms with Gasteiger partial charge in [-0.25, -0.2) is 9.97 Å². The number of hydrogen-bond acceptors (Lipinski definition) is 7. The Hall–Kier alpha value is -2.94. The predicted molar refractivity (Wildman–Crippen MR) is 126 cm³/mol. The Morgan fingerprint density at radius 2 is 1.97 bits per heavy atom. The number of ether oxygens (including phenoxy) is 1. The second kappa shape index (κ2) is 10.8. The van der Waals surface area contributed by atoms with Gasteiger partial charge < -0.3 is 24.5 Å². The summed E-state index contributed by atoms with van der Waals surface area (Å²) in [6.45, 7) is 4.98. The fourth-order valence-electron chi connectivity index (χ4n) is 3.25. The van der Waals surface area contributed by atoms with Crippen LogP contribution in [-0.2, 0) is 10.2 Å². The van der Waals surface area contributed by atoms with E-state index < -0.39 is 11.5 Å². The Balaban J connectivity index is 1.47. The van der Waals surface area contributed by atoms with Gasteiger partial charge in [0, 0.05) is 44.5 Å². The Bertz CT molecular complexity index is 1050. The lowest BCUT2D eigenvalue weighted by Gasteiger charge is -2.23. The van der Waals surface area contributed by atoms with Crippen molar-refractivity contribution >= 4 is 17.5 Å². The van der Waals surface area contributed by atoms with Gasteiger partial charge in [-0.15, -0.1) is 0 Å². The molecule has 0 fully saturated rings. The molecule has 2 N–H and O–H groups in total. The molecule has 1 atom stereocenters. The van der Waals surface area contributed by atoms with Gasteiger partial charge in [-0.05, 0) is 44.2 Å². The number of halogens is 1. The molecular formula is C24H29ClN4O4. The average Bonchev–Trinajstić information content (AvgIpc) is 3.30. The van der Waals surface area contributed by atoms with Crippen molar-refractivity contribution < 1.29 is 19.1 Å². The Kier molecular flexibility index (Phi) is 8.07. The number of carbonyl (C=O) groups excluding carboxylic acids is 1. The number of amides is 1. The zero-order chi connectivity index (χ0) is 24.0. The summed E-state index contributed by atoms with van der Waals surface area (Å²) >= 11 is 5.76. The van der Waals surface area contributed by atoms with E-state index in [4.69, 9.17) is 20.8 Å². The van der Waals surface area contributed by atoms with Gasteiger partial charge in [-0.1, -0.05) is 17.7 Å². The van der Waals surface area contributed by atoms with Gasteiger partial charge in [-0.3, -0.25) is 4.79 Å². The van der Waals surface area contributed by atoms with Crippen molar-refractivity contribution in [2.45, 2.75) is 25.4 Å². The highest BCUT2D eigenvalue weighted by atomic mass is 35.5. The number of hydrogen-bond donors (Lipinski definition) is 2. The fraction of sp³-hybridized carbons (Fsp3) is 0.375. The van der Waals surface area contributed by atoms with Crippen molar-refractivity contribution in [1.82, 2.24) is 20.2 Å². The van der Waals surface area contributed by atoms with E-state index in [-0.39, 0.29) is 5.91 Å².